The molecule has 3 unspecified atom stereocenters. The first-order valence-electron chi connectivity index (χ1n) is 13.4. The first-order chi connectivity index (χ1) is 17.5. The summed E-state index contributed by atoms with van der Waals surface area (Å²) in [6, 6.07) is 7.09. The first-order valence-corrected chi connectivity index (χ1v) is 13.4. The van der Waals surface area contributed by atoms with Crippen molar-refractivity contribution < 1.29 is 14.3 Å². The van der Waals surface area contributed by atoms with Crippen LogP contribution in [0.5, 0.6) is 0 Å². The van der Waals surface area contributed by atoms with Crippen molar-refractivity contribution in [1.82, 2.24) is 26.0 Å². The lowest BCUT2D eigenvalue weighted by Crippen LogP contribution is -2.47. The Morgan fingerprint density at radius 1 is 1.22 bits per heavy atom. The molecule has 9 heteroatoms. The maximum Gasteiger partial charge on any atom is 0.414 e. The van der Waals surface area contributed by atoms with E-state index >= 15 is 0 Å². The molecule has 3 heterocycles. The largest absolute Gasteiger partial charge is 0.443 e. The van der Waals surface area contributed by atoms with E-state index in [1.165, 1.54) is 35.7 Å². The topological polar surface area (TPSA) is 89.2 Å². The number of nitrogens with zero attached hydrogens (tertiary/aromatic N) is 3. The molecule has 3 aliphatic heterocycles. The Kier molecular flexibility index (Phi) is 9.00. The Morgan fingerprint density at radius 2 is 2.00 bits per heavy atom. The minimum absolute atomic E-state index is 0.0993. The van der Waals surface area contributed by atoms with E-state index in [-0.39, 0.29) is 18.4 Å². The lowest BCUT2D eigenvalue weighted by atomic mass is 10.0. The quantitative estimate of drug-likeness (QED) is 0.494. The summed E-state index contributed by atoms with van der Waals surface area (Å²) in [5.41, 5.74) is 13.4. The molecule has 1 aromatic rings. The van der Waals surface area contributed by atoms with E-state index in [1.54, 1.807) is 4.90 Å². The van der Waals surface area contributed by atoms with E-state index in [9.17, 15) is 4.79 Å². The van der Waals surface area contributed by atoms with Gasteiger partial charge in [-0.25, -0.2) is 10.2 Å². The maximum absolute atomic E-state index is 12.4. The molecular formula is C27H42N6O3. The Balaban J connectivity index is 0.000000967. The molecule has 198 valence electrons. The highest BCUT2D eigenvalue weighted by atomic mass is 16.6. The second-order valence-electron chi connectivity index (χ2n) is 9.84. The monoisotopic (exact) mass is 498 g/mol. The van der Waals surface area contributed by atoms with Gasteiger partial charge in [0.05, 0.1) is 12.2 Å². The Bertz CT molecular complexity index is 963. The standard InChI is InChI=1S/C25H38N6O2.C2H4O/c1-4-29(5-2)19-11-12-30(15-19)24-22-8-6-7-17-13-18(9-10-21(17)23(22)27-28-24)31-16-20(14-26-3)33-25(31)32;1-2-3/h9-10,13,19-20,24,26-28H,4-8,11-12,14-16H2,1-3H3;2H,1H3. The number of aldehydes is 1. The summed E-state index contributed by atoms with van der Waals surface area (Å²) < 4.78 is 5.50. The average molecular weight is 499 g/mol. The van der Waals surface area contributed by atoms with Crippen LogP contribution in [0.3, 0.4) is 0 Å². The molecule has 1 aromatic carbocycles. The Morgan fingerprint density at radius 3 is 2.72 bits per heavy atom. The highest BCUT2D eigenvalue weighted by Crippen LogP contribution is 2.37. The van der Waals surface area contributed by atoms with E-state index < -0.39 is 0 Å². The molecule has 0 bridgehead atoms. The van der Waals surface area contributed by atoms with Crippen molar-refractivity contribution in [1.29, 1.82) is 0 Å². The second-order valence-corrected chi connectivity index (χ2v) is 9.84. The number of rotatable bonds is 7. The molecule has 1 aliphatic carbocycles. The number of carbonyl (C=O) groups is 2. The van der Waals surface area contributed by atoms with Gasteiger partial charge in [-0.05, 0) is 76.0 Å². The van der Waals surface area contributed by atoms with Crippen LogP contribution in [-0.4, -0.2) is 86.8 Å². The maximum atomic E-state index is 12.4. The molecule has 4 aliphatic rings. The number of aryl methyl sites for hydroxylation is 1. The Labute approximate surface area is 215 Å². The molecule has 0 spiro atoms. The first kappa shape index (κ1) is 26.6. The van der Waals surface area contributed by atoms with Crippen LogP contribution in [0.1, 0.15) is 51.2 Å². The normalized spacial score (nSPS) is 25.6. The lowest BCUT2D eigenvalue weighted by molar-refractivity contribution is -0.106. The second kappa shape index (κ2) is 12.2. The molecule has 2 saturated heterocycles. The number of carbonyl (C=O) groups excluding carboxylic acids is 2. The molecule has 3 N–H and O–H groups in total. The van der Waals surface area contributed by atoms with Crippen LogP contribution >= 0.6 is 0 Å². The Hall–Kier alpha value is -2.46. The van der Waals surface area contributed by atoms with Crippen molar-refractivity contribution in [3.63, 3.8) is 0 Å². The summed E-state index contributed by atoms with van der Waals surface area (Å²) in [5.74, 6) is 0. The summed E-state index contributed by atoms with van der Waals surface area (Å²) in [4.78, 5) is 28.2. The minimum Gasteiger partial charge on any atom is -0.443 e. The van der Waals surface area contributed by atoms with Gasteiger partial charge in [-0.2, -0.15) is 0 Å². The smallest absolute Gasteiger partial charge is 0.414 e. The van der Waals surface area contributed by atoms with E-state index in [4.69, 9.17) is 9.53 Å². The predicted octanol–water partition coefficient (Wildman–Crippen LogP) is 2.33. The molecule has 1 amide bonds. The molecule has 5 rings (SSSR count). The molecule has 0 saturated carbocycles. The summed E-state index contributed by atoms with van der Waals surface area (Å²) in [7, 11) is 1.88. The third-order valence-corrected chi connectivity index (χ3v) is 7.74. The lowest BCUT2D eigenvalue weighted by Gasteiger charge is -2.29. The summed E-state index contributed by atoms with van der Waals surface area (Å²) in [6.45, 7) is 11.7. The number of cyclic esters (lactones) is 1. The number of nitrogens with one attached hydrogen (secondary N) is 3. The predicted molar refractivity (Wildman–Crippen MR) is 143 cm³/mol. The van der Waals surface area contributed by atoms with Crippen LogP contribution < -0.4 is 21.1 Å². The zero-order chi connectivity index (χ0) is 25.7. The number of amides is 1. The van der Waals surface area contributed by atoms with Gasteiger partial charge in [0, 0.05) is 36.9 Å². The van der Waals surface area contributed by atoms with Gasteiger partial charge in [0.15, 0.2) is 0 Å². The van der Waals surface area contributed by atoms with Crippen LogP contribution in [0.2, 0.25) is 0 Å². The SMILES string of the molecule is CC=O.CCN(CC)C1CCN(C2NNC3=C2CCCc2cc(N4CC(CNC)OC4=O)ccc23)C1. The van der Waals surface area contributed by atoms with Crippen molar-refractivity contribution in [2.75, 3.05) is 51.2 Å². The van der Waals surface area contributed by atoms with Crippen LogP contribution in [0, 0.1) is 0 Å². The van der Waals surface area contributed by atoms with Crippen LogP contribution in [0.25, 0.3) is 5.70 Å². The van der Waals surface area contributed by atoms with Crippen molar-refractivity contribution in [2.45, 2.75) is 64.8 Å². The van der Waals surface area contributed by atoms with Gasteiger partial charge in [-0.15, -0.1) is 0 Å². The zero-order valence-electron chi connectivity index (χ0n) is 22.2. The zero-order valence-corrected chi connectivity index (χ0v) is 22.2. The minimum atomic E-state index is -0.249. The van der Waals surface area contributed by atoms with Gasteiger partial charge in [0.1, 0.15) is 18.6 Å². The van der Waals surface area contributed by atoms with Crippen molar-refractivity contribution in [3.8, 4) is 0 Å². The third-order valence-electron chi connectivity index (χ3n) is 7.74. The highest BCUT2D eigenvalue weighted by molar-refractivity contribution is 5.90. The van der Waals surface area contributed by atoms with Gasteiger partial charge in [-0.1, -0.05) is 19.9 Å². The molecule has 2 fully saturated rings. The summed E-state index contributed by atoms with van der Waals surface area (Å²) >= 11 is 0. The van der Waals surface area contributed by atoms with Gasteiger partial charge in [-0.3, -0.25) is 14.7 Å². The van der Waals surface area contributed by atoms with Crippen molar-refractivity contribution in [2.24, 2.45) is 0 Å². The number of ether oxygens (including phenoxy) is 1. The molecule has 3 atom stereocenters. The molecular weight excluding hydrogens is 456 g/mol. The number of hydrogen-bond acceptors (Lipinski definition) is 8. The number of likely N-dealkylation sites (tertiary alicyclic amines) is 1. The third kappa shape index (κ3) is 5.44. The van der Waals surface area contributed by atoms with Crippen LogP contribution in [-0.2, 0) is 16.0 Å². The van der Waals surface area contributed by atoms with Gasteiger partial charge >= 0.3 is 6.09 Å². The van der Waals surface area contributed by atoms with Crippen LogP contribution in [0.4, 0.5) is 10.5 Å². The average Bonchev–Trinajstić information content (AvgIpc) is 3.57. The number of fused-ring (bicyclic) bond motifs is 2. The van der Waals surface area contributed by atoms with E-state index in [1.807, 2.05) is 7.05 Å². The number of hydrogen-bond donors (Lipinski definition) is 3. The fourth-order valence-electron chi connectivity index (χ4n) is 6.03. The highest BCUT2D eigenvalue weighted by Gasteiger charge is 2.38. The van der Waals surface area contributed by atoms with Gasteiger partial charge < -0.3 is 20.3 Å². The summed E-state index contributed by atoms with van der Waals surface area (Å²) in [5, 5.41) is 3.10. The fourth-order valence-corrected chi connectivity index (χ4v) is 6.03. The van der Waals surface area contributed by atoms with E-state index in [2.05, 4.69) is 58.0 Å². The number of anilines is 1. The fraction of sp³-hybridized carbons (Fsp3) is 0.630. The van der Waals surface area contributed by atoms with Crippen LogP contribution in [0.15, 0.2) is 23.8 Å². The molecule has 9 nitrogen and oxygen atoms in total. The molecule has 36 heavy (non-hydrogen) atoms. The van der Waals surface area contributed by atoms with E-state index in [0.29, 0.717) is 19.1 Å². The van der Waals surface area contributed by atoms with Gasteiger partial charge in [0.2, 0.25) is 0 Å². The molecule has 0 aromatic heterocycles. The molecule has 0 radical (unpaired) electrons. The number of likely N-dealkylation sites (N-methyl/N-ethyl adjacent to an activating group) is 2. The van der Waals surface area contributed by atoms with Gasteiger partial charge in [0.25, 0.3) is 0 Å². The summed E-state index contributed by atoms with van der Waals surface area (Å²) in [6.07, 6.45) is 5.14. The van der Waals surface area contributed by atoms with E-state index in [0.717, 1.165) is 57.4 Å². The number of benzene rings is 1. The van der Waals surface area contributed by atoms with Crippen molar-refractivity contribution >= 4 is 23.8 Å². The van der Waals surface area contributed by atoms with Crippen molar-refractivity contribution in [3.05, 3.63) is 34.9 Å². The number of hydrazine groups is 1.